The Morgan fingerprint density at radius 2 is 1.66 bits per heavy atom. The molecule has 1 unspecified atom stereocenters. The maximum Gasteiger partial charge on any atom is 0.249 e. The number of anilines is 1. The third-order valence-corrected chi connectivity index (χ3v) is 7.09. The minimum Gasteiger partial charge on any atom is -0.339 e. The van der Waals surface area contributed by atoms with Gasteiger partial charge in [-0.05, 0) is 55.4 Å². The Labute approximate surface area is 179 Å². The second-order valence-electron chi connectivity index (χ2n) is 8.58. The Morgan fingerprint density at radius 1 is 0.966 bits per heavy atom. The van der Waals surface area contributed by atoms with Gasteiger partial charge >= 0.3 is 0 Å². The number of rotatable bonds is 2. The zero-order chi connectivity index (χ0) is 19.1. The van der Waals surface area contributed by atoms with Gasteiger partial charge in [0.05, 0.1) is 6.67 Å². The summed E-state index contributed by atoms with van der Waals surface area (Å²) in [5.41, 5.74) is 3.82. The number of aryl methyl sites for hydroxylation is 1. The van der Waals surface area contributed by atoms with Crippen molar-refractivity contribution in [1.82, 2.24) is 9.80 Å². The van der Waals surface area contributed by atoms with Crippen molar-refractivity contribution in [2.75, 3.05) is 31.7 Å². The molecule has 2 aromatic rings. The van der Waals surface area contributed by atoms with Gasteiger partial charge in [-0.15, -0.1) is 12.4 Å². The van der Waals surface area contributed by atoms with Crippen LogP contribution in [0.4, 0.5) is 5.69 Å². The van der Waals surface area contributed by atoms with Gasteiger partial charge in [0.2, 0.25) is 5.91 Å². The van der Waals surface area contributed by atoms with E-state index >= 15 is 0 Å². The molecule has 4 nitrogen and oxygen atoms in total. The molecule has 1 aliphatic carbocycles. The van der Waals surface area contributed by atoms with Crippen molar-refractivity contribution in [3.8, 4) is 0 Å². The van der Waals surface area contributed by atoms with Crippen LogP contribution in [0.1, 0.15) is 42.9 Å². The smallest absolute Gasteiger partial charge is 0.249 e. The number of likely N-dealkylation sites (tertiary alicyclic amines) is 1. The maximum absolute atomic E-state index is 13.2. The van der Waals surface area contributed by atoms with Crippen LogP contribution in [0.25, 0.3) is 0 Å². The fraction of sp³-hybridized carbons (Fsp3) is 0.458. The van der Waals surface area contributed by atoms with E-state index in [1.54, 1.807) is 0 Å². The summed E-state index contributed by atoms with van der Waals surface area (Å²) in [5, 5.41) is 0. The van der Waals surface area contributed by atoms with Crippen molar-refractivity contribution in [3.63, 3.8) is 0 Å². The minimum atomic E-state index is -0.374. The molecule has 1 atom stereocenters. The maximum atomic E-state index is 13.2. The van der Waals surface area contributed by atoms with E-state index in [1.165, 1.54) is 30.4 Å². The number of halogens is 1. The zero-order valence-electron chi connectivity index (χ0n) is 17.1. The van der Waals surface area contributed by atoms with E-state index in [9.17, 15) is 4.79 Å². The summed E-state index contributed by atoms with van der Waals surface area (Å²) in [6, 6.07) is 19.9. The lowest BCUT2D eigenvalue weighted by molar-refractivity contribution is -0.132. The number of carbonyl (C=O) groups is 1. The number of piperidine rings is 1. The van der Waals surface area contributed by atoms with Crippen molar-refractivity contribution in [1.29, 1.82) is 0 Å². The average Bonchev–Trinajstić information content (AvgIpc) is 3.00. The van der Waals surface area contributed by atoms with Crippen molar-refractivity contribution in [2.24, 2.45) is 0 Å². The first-order chi connectivity index (χ1) is 13.7. The van der Waals surface area contributed by atoms with E-state index in [0.29, 0.717) is 18.6 Å². The molecule has 2 aromatic carbocycles. The number of fused-ring (bicyclic) bond motifs is 1. The number of nitrogens with zero attached hydrogens (tertiary/aromatic N) is 3. The van der Waals surface area contributed by atoms with Gasteiger partial charge in [0.25, 0.3) is 0 Å². The number of hydrogen-bond donors (Lipinski definition) is 0. The van der Waals surface area contributed by atoms with E-state index in [-0.39, 0.29) is 17.9 Å². The largest absolute Gasteiger partial charge is 0.339 e. The highest BCUT2D eigenvalue weighted by atomic mass is 35.5. The third-order valence-electron chi connectivity index (χ3n) is 7.09. The van der Waals surface area contributed by atoms with E-state index < -0.39 is 0 Å². The van der Waals surface area contributed by atoms with Crippen LogP contribution in [-0.4, -0.2) is 48.1 Å². The van der Waals surface area contributed by atoms with Crippen LogP contribution in [-0.2, 0) is 11.2 Å². The first-order valence-corrected chi connectivity index (χ1v) is 10.6. The third kappa shape index (κ3) is 3.32. The zero-order valence-corrected chi connectivity index (χ0v) is 17.9. The molecular weight excluding hydrogens is 382 g/mol. The van der Waals surface area contributed by atoms with Gasteiger partial charge in [-0.25, -0.2) is 0 Å². The van der Waals surface area contributed by atoms with Gasteiger partial charge < -0.3 is 9.80 Å². The first kappa shape index (κ1) is 20.2. The lowest BCUT2D eigenvalue weighted by Crippen LogP contribution is -2.57. The normalized spacial score (nSPS) is 23.8. The standard InChI is InChI=1S/C24H29N3O.ClH/c1-25-18-27(20-10-3-2-4-11-20)24(23(25)28)14-16-26(17-15-24)22-13-7-9-19-8-5-6-12-21(19)22;/h2-6,8,10-12,22H,7,9,13-18H2,1H3;1H. The molecule has 2 fully saturated rings. The van der Waals surface area contributed by atoms with Gasteiger partial charge in [-0.3, -0.25) is 9.69 Å². The summed E-state index contributed by atoms with van der Waals surface area (Å²) in [4.78, 5) is 20.1. The number of hydrogen-bond acceptors (Lipinski definition) is 3. The molecule has 2 aliphatic heterocycles. The molecule has 0 saturated carbocycles. The van der Waals surface area contributed by atoms with Crippen LogP contribution in [0, 0.1) is 0 Å². The van der Waals surface area contributed by atoms with Crippen LogP contribution in [0.2, 0.25) is 0 Å². The lowest BCUT2D eigenvalue weighted by atomic mass is 9.82. The molecule has 5 heteroatoms. The quantitative estimate of drug-likeness (QED) is 0.738. The molecular formula is C24H30ClN3O. The summed E-state index contributed by atoms with van der Waals surface area (Å²) < 4.78 is 0. The number of amides is 1. The van der Waals surface area contributed by atoms with Crippen LogP contribution in [0.5, 0.6) is 0 Å². The van der Waals surface area contributed by atoms with Gasteiger partial charge in [0, 0.05) is 31.9 Å². The number of para-hydroxylation sites is 1. The number of likely N-dealkylation sites (N-methyl/N-ethyl adjacent to an activating group) is 1. The first-order valence-electron chi connectivity index (χ1n) is 10.6. The van der Waals surface area contributed by atoms with Crippen molar-refractivity contribution in [3.05, 3.63) is 65.7 Å². The van der Waals surface area contributed by atoms with E-state index in [1.807, 2.05) is 18.0 Å². The summed E-state index contributed by atoms with van der Waals surface area (Å²) in [6.45, 7) is 2.67. The van der Waals surface area contributed by atoms with Gasteiger partial charge in [0.1, 0.15) is 5.54 Å². The molecule has 0 radical (unpaired) electrons. The molecule has 154 valence electrons. The lowest BCUT2D eigenvalue weighted by Gasteiger charge is -2.46. The summed E-state index contributed by atoms with van der Waals surface area (Å²) >= 11 is 0. The monoisotopic (exact) mass is 411 g/mol. The minimum absolute atomic E-state index is 0. The molecule has 1 spiro atoms. The predicted molar refractivity (Wildman–Crippen MR) is 119 cm³/mol. The Kier molecular flexibility index (Phi) is 5.58. The second kappa shape index (κ2) is 8.00. The molecule has 29 heavy (non-hydrogen) atoms. The second-order valence-corrected chi connectivity index (χ2v) is 8.58. The molecule has 0 N–H and O–H groups in total. The highest BCUT2D eigenvalue weighted by molar-refractivity contribution is 5.93. The van der Waals surface area contributed by atoms with E-state index in [4.69, 9.17) is 0 Å². The van der Waals surface area contributed by atoms with Crippen LogP contribution in [0.15, 0.2) is 54.6 Å². The van der Waals surface area contributed by atoms with Gasteiger partial charge in [-0.2, -0.15) is 0 Å². The number of carbonyl (C=O) groups excluding carboxylic acids is 1. The van der Waals surface area contributed by atoms with Crippen LogP contribution < -0.4 is 4.90 Å². The van der Waals surface area contributed by atoms with Gasteiger partial charge in [0.15, 0.2) is 0 Å². The van der Waals surface area contributed by atoms with Gasteiger partial charge in [-0.1, -0.05) is 42.5 Å². The Balaban J connectivity index is 0.00000205. The van der Waals surface area contributed by atoms with Crippen LogP contribution >= 0.6 is 12.4 Å². The summed E-state index contributed by atoms with van der Waals surface area (Å²) in [6.07, 6.45) is 5.52. The summed E-state index contributed by atoms with van der Waals surface area (Å²) in [7, 11) is 1.94. The van der Waals surface area contributed by atoms with Crippen LogP contribution in [0.3, 0.4) is 0 Å². The topological polar surface area (TPSA) is 26.8 Å². The highest BCUT2D eigenvalue weighted by Gasteiger charge is 2.53. The van der Waals surface area contributed by atoms with E-state index in [2.05, 4.69) is 58.3 Å². The number of benzene rings is 2. The molecule has 0 bridgehead atoms. The Bertz CT molecular complexity index is 863. The predicted octanol–water partition coefficient (Wildman–Crippen LogP) is 4.26. The van der Waals surface area contributed by atoms with Crippen molar-refractivity contribution in [2.45, 2.75) is 43.7 Å². The molecule has 2 saturated heterocycles. The average molecular weight is 412 g/mol. The molecule has 2 heterocycles. The van der Waals surface area contributed by atoms with Crippen molar-refractivity contribution < 1.29 is 4.79 Å². The molecule has 0 aromatic heterocycles. The molecule has 1 amide bonds. The summed E-state index contributed by atoms with van der Waals surface area (Å²) in [5.74, 6) is 0.292. The van der Waals surface area contributed by atoms with E-state index in [0.717, 1.165) is 31.6 Å². The molecule has 5 rings (SSSR count). The van der Waals surface area contributed by atoms with Crippen molar-refractivity contribution >= 4 is 24.0 Å². The highest BCUT2D eigenvalue weighted by Crippen LogP contribution is 2.42. The molecule has 3 aliphatic rings. The fourth-order valence-electron chi connectivity index (χ4n) is 5.62. The SMILES string of the molecule is CN1CN(c2ccccc2)C2(CCN(C3CCCc4ccccc43)CC2)C1=O.Cl. The fourth-order valence-corrected chi connectivity index (χ4v) is 5.62. The Hall–Kier alpha value is -2.04. The Morgan fingerprint density at radius 3 is 2.41 bits per heavy atom.